The van der Waals surface area contributed by atoms with Crippen LogP contribution in [0.25, 0.3) is 0 Å². The van der Waals surface area contributed by atoms with Crippen molar-refractivity contribution >= 4 is 23.0 Å². The maximum atomic E-state index is 5.26. The molecule has 0 bridgehead atoms. The number of rotatable bonds is 6. The van der Waals surface area contributed by atoms with Crippen molar-refractivity contribution in [1.29, 1.82) is 0 Å². The summed E-state index contributed by atoms with van der Waals surface area (Å²) >= 11 is 5.26. The van der Waals surface area contributed by atoms with Gasteiger partial charge in [-0.1, -0.05) is 26.0 Å². The number of thiocarbonyl (C=S) groups is 1. The molecule has 0 spiro atoms. The Labute approximate surface area is 121 Å². The van der Waals surface area contributed by atoms with Gasteiger partial charge >= 0.3 is 0 Å². The van der Waals surface area contributed by atoms with Crippen LogP contribution in [-0.4, -0.2) is 24.9 Å². The Hall–Kier alpha value is -1.13. The van der Waals surface area contributed by atoms with Gasteiger partial charge in [-0.15, -0.1) is 0 Å². The molecule has 4 heteroatoms. The Kier molecular flexibility index (Phi) is 6.81. The molecule has 0 aliphatic rings. The molecule has 0 radical (unpaired) electrons. The van der Waals surface area contributed by atoms with Gasteiger partial charge in [0.25, 0.3) is 0 Å². The van der Waals surface area contributed by atoms with Gasteiger partial charge in [0, 0.05) is 18.8 Å². The van der Waals surface area contributed by atoms with E-state index in [1.807, 2.05) is 6.92 Å². The van der Waals surface area contributed by atoms with Gasteiger partial charge in [-0.2, -0.15) is 0 Å². The third-order valence-electron chi connectivity index (χ3n) is 3.14. The molecule has 0 aliphatic heterocycles. The van der Waals surface area contributed by atoms with Gasteiger partial charge in [0.15, 0.2) is 5.11 Å². The number of hydrogen-bond acceptors (Lipinski definition) is 2. The molecule has 1 aromatic rings. The zero-order chi connectivity index (χ0) is 14.3. The average molecular weight is 280 g/mol. The standard InChI is InChI=1S/C15H24N2OS/c1-5-11(2)13-6-8-14(9-7-13)17-15(19)16-12(3)10-18-4/h6-9,11-12H,5,10H2,1-4H3,(H2,16,17,19). The summed E-state index contributed by atoms with van der Waals surface area (Å²) < 4.78 is 5.06. The molecule has 0 saturated heterocycles. The largest absolute Gasteiger partial charge is 0.383 e. The highest BCUT2D eigenvalue weighted by Crippen LogP contribution is 2.20. The quantitative estimate of drug-likeness (QED) is 0.781. The zero-order valence-corrected chi connectivity index (χ0v) is 13.0. The summed E-state index contributed by atoms with van der Waals surface area (Å²) in [6, 6.07) is 8.63. The smallest absolute Gasteiger partial charge is 0.171 e. The van der Waals surface area contributed by atoms with Crippen molar-refractivity contribution in [2.24, 2.45) is 0 Å². The van der Waals surface area contributed by atoms with E-state index in [0.717, 1.165) is 12.1 Å². The molecule has 3 nitrogen and oxygen atoms in total. The molecule has 2 atom stereocenters. The molecule has 106 valence electrons. The second kappa shape index (κ2) is 8.12. The molecule has 0 aliphatic carbocycles. The van der Waals surface area contributed by atoms with Crippen molar-refractivity contribution in [3.63, 3.8) is 0 Å². The second-order valence-electron chi connectivity index (χ2n) is 4.89. The molecule has 0 aromatic heterocycles. The fraction of sp³-hybridized carbons (Fsp3) is 0.533. The molecular weight excluding hydrogens is 256 g/mol. The van der Waals surface area contributed by atoms with Crippen molar-refractivity contribution in [2.45, 2.75) is 39.2 Å². The van der Waals surface area contributed by atoms with E-state index in [9.17, 15) is 0 Å². The molecule has 19 heavy (non-hydrogen) atoms. The van der Waals surface area contributed by atoms with Crippen molar-refractivity contribution in [3.8, 4) is 0 Å². The molecule has 0 amide bonds. The van der Waals surface area contributed by atoms with E-state index in [1.54, 1.807) is 7.11 Å². The predicted octanol–water partition coefficient (Wildman–Crippen LogP) is 3.52. The van der Waals surface area contributed by atoms with E-state index in [0.29, 0.717) is 17.6 Å². The van der Waals surface area contributed by atoms with E-state index in [1.165, 1.54) is 5.56 Å². The van der Waals surface area contributed by atoms with E-state index in [2.05, 4.69) is 48.7 Å². The third kappa shape index (κ3) is 5.57. The van der Waals surface area contributed by atoms with Crippen LogP contribution in [0.2, 0.25) is 0 Å². The van der Waals surface area contributed by atoms with Crippen LogP contribution >= 0.6 is 12.2 Å². The van der Waals surface area contributed by atoms with Crippen LogP contribution in [-0.2, 0) is 4.74 Å². The SMILES string of the molecule is CCC(C)c1ccc(NC(=S)NC(C)COC)cc1. The number of nitrogens with one attached hydrogen (secondary N) is 2. The first-order valence-electron chi connectivity index (χ1n) is 6.73. The summed E-state index contributed by atoms with van der Waals surface area (Å²) in [5, 5.41) is 6.98. The molecular formula is C15H24N2OS. The summed E-state index contributed by atoms with van der Waals surface area (Å²) in [4.78, 5) is 0. The average Bonchev–Trinajstić information content (AvgIpc) is 2.38. The second-order valence-corrected chi connectivity index (χ2v) is 5.29. The van der Waals surface area contributed by atoms with Crippen molar-refractivity contribution in [3.05, 3.63) is 29.8 Å². The molecule has 1 rings (SSSR count). The molecule has 2 unspecified atom stereocenters. The topological polar surface area (TPSA) is 33.3 Å². The summed E-state index contributed by atoms with van der Waals surface area (Å²) in [5.41, 5.74) is 2.37. The van der Waals surface area contributed by atoms with Gasteiger partial charge in [0.2, 0.25) is 0 Å². The molecule has 0 fully saturated rings. The van der Waals surface area contributed by atoms with Gasteiger partial charge in [-0.25, -0.2) is 0 Å². The van der Waals surface area contributed by atoms with Crippen molar-refractivity contribution < 1.29 is 4.74 Å². The minimum Gasteiger partial charge on any atom is -0.383 e. The Morgan fingerprint density at radius 1 is 1.26 bits per heavy atom. The lowest BCUT2D eigenvalue weighted by atomic mass is 9.99. The van der Waals surface area contributed by atoms with Gasteiger partial charge in [-0.3, -0.25) is 0 Å². The van der Waals surface area contributed by atoms with E-state index < -0.39 is 0 Å². The third-order valence-corrected chi connectivity index (χ3v) is 3.36. The lowest BCUT2D eigenvalue weighted by molar-refractivity contribution is 0.179. The van der Waals surface area contributed by atoms with Gasteiger partial charge < -0.3 is 15.4 Å². The Morgan fingerprint density at radius 2 is 1.89 bits per heavy atom. The first kappa shape index (κ1) is 15.9. The molecule has 0 heterocycles. The lowest BCUT2D eigenvalue weighted by Gasteiger charge is -2.16. The fourth-order valence-corrected chi connectivity index (χ4v) is 2.13. The molecule has 0 saturated carbocycles. The van der Waals surface area contributed by atoms with Crippen LogP contribution in [0.4, 0.5) is 5.69 Å². The first-order chi connectivity index (χ1) is 9.06. The molecule has 1 aromatic carbocycles. The first-order valence-corrected chi connectivity index (χ1v) is 7.14. The monoisotopic (exact) mass is 280 g/mol. The van der Waals surface area contributed by atoms with Crippen LogP contribution in [0.1, 0.15) is 38.7 Å². The van der Waals surface area contributed by atoms with Crippen LogP contribution < -0.4 is 10.6 Å². The lowest BCUT2D eigenvalue weighted by Crippen LogP contribution is -2.38. The maximum absolute atomic E-state index is 5.26. The fourth-order valence-electron chi connectivity index (χ4n) is 1.81. The summed E-state index contributed by atoms with van der Waals surface area (Å²) in [7, 11) is 1.68. The number of methoxy groups -OCH3 is 1. The maximum Gasteiger partial charge on any atom is 0.171 e. The van der Waals surface area contributed by atoms with Crippen LogP contribution in [0, 0.1) is 0 Å². The summed E-state index contributed by atoms with van der Waals surface area (Å²) in [6.07, 6.45) is 1.15. The van der Waals surface area contributed by atoms with Crippen molar-refractivity contribution in [1.82, 2.24) is 5.32 Å². The van der Waals surface area contributed by atoms with Gasteiger partial charge in [0.1, 0.15) is 0 Å². The highest BCUT2D eigenvalue weighted by Gasteiger charge is 2.05. The number of benzene rings is 1. The Balaban J connectivity index is 2.51. The van der Waals surface area contributed by atoms with Crippen LogP contribution in [0.15, 0.2) is 24.3 Å². The number of hydrogen-bond donors (Lipinski definition) is 2. The van der Waals surface area contributed by atoms with Crippen LogP contribution in [0.3, 0.4) is 0 Å². The number of anilines is 1. The number of ether oxygens (including phenoxy) is 1. The Bertz CT molecular complexity index is 392. The molecule has 2 N–H and O–H groups in total. The minimum absolute atomic E-state index is 0.199. The van der Waals surface area contributed by atoms with E-state index >= 15 is 0 Å². The van der Waals surface area contributed by atoms with Crippen molar-refractivity contribution in [2.75, 3.05) is 19.0 Å². The highest BCUT2D eigenvalue weighted by atomic mass is 32.1. The van der Waals surface area contributed by atoms with E-state index in [-0.39, 0.29) is 6.04 Å². The van der Waals surface area contributed by atoms with Gasteiger partial charge in [-0.05, 0) is 49.2 Å². The normalized spacial score (nSPS) is 13.7. The van der Waals surface area contributed by atoms with Gasteiger partial charge in [0.05, 0.1) is 6.61 Å². The summed E-state index contributed by atoms with van der Waals surface area (Å²) in [6.45, 7) is 7.10. The predicted molar refractivity (Wildman–Crippen MR) is 85.8 cm³/mol. The zero-order valence-electron chi connectivity index (χ0n) is 12.2. The Morgan fingerprint density at radius 3 is 2.42 bits per heavy atom. The minimum atomic E-state index is 0.199. The van der Waals surface area contributed by atoms with E-state index in [4.69, 9.17) is 17.0 Å². The summed E-state index contributed by atoms with van der Waals surface area (Å²) in [5.74, 6) is 0.598. The van der Waals surface area contributed by atoms with Crippen LogP contribution in [0.5, 0.6) is 0 Å². The highest BCUT2D eigenvalue weighted by molar-refractivity contribution is 7.80.